The summed E-state index contributed by atoms with van der Waals surface area (Å²) in [7, 11) is 0. The van der Waals surface area contributed by atoms with Gasteiger partial charge in [-0.1, -0.05) is 30.9 Å². The van der Waals surface area contributed by atoms with Crippen LogP contribution in [0.25, 0.3) is 0 Å². The van der Waals surface area contributed by atoms with E-state index < -0.39 is 0 Å². The van der Waals surface area contributed by atoms with Crippen molar-refractivity contribution >= 4 is 17.4 Å². The maximum atomic E-state index is 5.94. The highest BCUT2D eigenvalue weighted by Crippen LogP contribution is 2.28. The van der Waals surface area contributed by atoms with Crippen molar-refractivity contribution in [3.05, 3.63) is 11.3 Å². The van der Waals surface area contributed by atoms with E-state index in [-0.39, 0.29) is 5.82 Å². The fraction of sp³-hybridized carbons (Fsp3) is 0.636. The zero-order valence-corrected chi connectivity index (χ0v) is 9.91. The molecule has 0 amide bonds. The van der Waals surface area contributed by atoms with Crippen molar-refractivity contribution in [2.45, 2.75) is 32.1 Å². The quantitative estimate of drug-likeness (QED) is 0.884. The number of halogens is 1. The smallest absolute Gasteiger partial charge is 0.237 e. The standard InChI is InChI=1S/C11H16ClN3O/c12-9-10(13)14-7-15-11(9)16-6-8-4-2-1-3-5-8/h7-8H,1-6H2,(H2,13,14,15). The highest BCUT2D eigenvalue weighted by molar-refractivity contribution is 6.33. The van der Waals surface area contributed by atoms with Gasteiger partial charge in [-0.25, -0.2) is 9.97 Å². The number of aromatic nitrogens is 2. The average Bonchev–Trinajstić information content (AvgIpc) is 2.32. The van der Waals surface area contributed by atoms with Crippen molar-refractivity contribution in [2.24, 2.45) is 5.92 Å². The summed E-state index contributed by atoms with van der Waals surface area (Å²) in [6.45, 7) is 0.677. The van der Waals surface area contributed by atoms with Crippen LogP contribution in [-0.4, -0.2) is 16.6 Å². The summed E-state index contributed by atoms with van der Waals surface area (Å²) in [4.78, 5) is 7.77. The third kappa shape index (κ3) is 2.76. The van der Waals surface area contributed by atoms with Crippen LogP contribution < -0.4 is 10.5 Å². The lowest BCUT2D eigenvalue weighted by Gasteiger charge is -2.21. The molecule has 0 spiro atoms. The minimum Gasteiger partial charge on any atom is -0.476 e. The maximum Gasteiger partial charge on any atom is 0.237 e. The van der Waals surface area contributed by atoms with Gasteiger partial charge in [-0.05, 0) is 18.8 Å². The van der Waals surface area contributed by atoms with Gasteiger partial charge in [0.05, 0.1) is 6.61 Å². The molecule has 0 atom stereocenters. The molecule has 1 fully saturated rings. The molecule has 5 heteroatoms. The second kappa shape index (κ2) is 5.34. The predicted molar refractivity (Wildman–Crippen MR) is 63.5 cm³/mol. The normalized spacial score (nSPS) is 17.3. The molecule has 0 radical (unpaired) electrons. The summed E-state index contributed by atoms with van der Waals surface area (Å²) in [6.07, 6.45) is 7.78. The SMILES string of the molecule is Nc1ncnc(OCC2CCCCC2)c1Cl. The summed E-state index contributed by atoms with van der Waals surface area (Å²) in [5.41, 5.74) is 5.57. The first kappa shape index (κ1) is 11.5. The fourth-order valence-electron chi connectivity index (χ4n) is 2.02. The average molecular weight is 242 g/mol. The first-order chi connectivity index (χ1) is 7.77. The lowest BCUT2D eigenvalue weighted by atomic mass is 9.90. The number of nitrogen functional groups attached to an aromatic ring is 1. The Balaban J connectivity index is 1.91. The largest absolute Gasteiger partial charge is 0.476 e. The molecule has 0 aromatic carbocycles. The molecule has 1 aliphatic rings. The van der Waals surface area contributed by atoms with Crippen LogP contribution in [0.3, 0.4) is 0 Å². The van der Waals surface area contributed by atoms with Gasteiger partial charge < -0.3 is 10.5 Å². The van der Waals surface area contributed by atoms with Crippen LogP contribution in [-0.2, 0) is 0 Å². The van der Waals surface area contributed by atoms with E-state index in [1.54, 1.807) is 0 Å². The third-order valence-electron chi connectivity index (χ3n) is 2.96. The third-order valence-corrected chi connectivity index (χ3v) is 3.32. The molecule has 0 bridgehead atoms. The van der Waals surface area contributed by atoms with E-state index in [1.807, 2.05) is 0 Å². The van der Waals surface area contributed by atoms with E-state index in [4.69, 9.17) is 22.1 Å². The summed E-state index contributed by atoms with van der Waals surface area (Å²) < 4.78 is 5.59. The molecule has 88 valence electrons. The van der Waals surface area contributed by atoms with Crippen LogP contribution in [0, 0.1) is 5.92 Å². The van der Waals surface area contributed by atoms with Gasteiger partial charge in [-0.2, -0.15) is 0 Å². The molecule has 2 N–H and O–H groups in total. The van der Waals surface area contributed by atoms with Crippen molar-refractivity contribution in [1.82, 2.24) is 9.97 Å². The molecule has 1 saturated carbocycles. The minimum absolute atomic E-state index is 0.273. The number of nitrogens with two attached hydrogens (primary N) is 1. The zero-order chi connectivity index (χ0) is 11.4. The molecular formula is C11H16ClN3O. The fourth-order valence-corrected chi connectivity index (χ4v) is 2.17. The van der Waals surface area contributed by atoms with Crippen molar-refractivity contribution in [3.63, 3.8) is 0 Å². The van der Waals surface area contributed by atoms with Crippen LogP contribution >= 0.6 is 11.6 Å². The van der Waals surface area contributed by atoms with Gasteiger partial charge in [-0.3, -0.25) is 0 Å². The molecule has 0 saturated heterocycles. The second-order valence-electron chi connectivity index (χ2n) is 4.19. The van der Waals surface area contributed by atoms with Gasteiger partial charge in [-0.15, -0.1) is 0 Å². The van der Waals surface area contributed by atoms with Crippen LogP contribution in [0.5, 0.6) is 5.88 Å². The first-order valence-corrected chi connectivity index (χ1v) is 6.04. The van der Waals surface area contributed by atoms with Crippen molar-refractivity contribution in [2.75, 3.05) is 12.3 Å². The van der Waals surface area contributed by atoms with Crippen molar-refractivity contribution in [1.29, 1.82) is 0 Å². The second-order valence-corrected chi connectivity index (χ2v) is 4.57. The van der Waals surface area contributed by atoms with Gasteiger partial charge >= 0.3 is 0 Å². The summed E-state index contributed by atoms with van der Waals surface area (Å²) in [5, 5.41) is 0.318. The Bertz CT molecular complexity index is 353. The van der Waals surface area contributed by atoms with E-state index in [9.17, 15) is 0 Å². The van der Waals surface area contributed by atoms with Gasteiger partial charge in [0.1, 0.15) is 17.2 Å². The number of anilines is 1. The van der Waals surface area contributed by atoms with Crippen LogP contribution in [0.1, 0.15) is 32.1 Å². The number of hydrogen-bond donors (Lipinski definition) is 1. The molecule has 1 aliphatic carbocycles. The molecule has 1 aromatic rings. The van der Waals surface area contributed by atoms with Gasteiger partial charge in [0.25, 0.3) is 0 Å². The molecule has 1 aromatic heterocycles. The number of hydrogen-bond acceptors (Lipinski definition) is 4. The summed E-state index contributed by atoms with van der Waals surface area (Å²) in [6, 6.07) is 0. The maximum absolute atomic E-state index is 5.94. The molecule has 4 nitrogen and oxygen atoms in total. The summed E-state index contributed by atoms with van der Waals surface area (Å²) in [5.74, 6) is 1.30. The molecule has 0 unspecified atom stereocenters. The Hall–Kier alpha value is -1.03. The Morgan fingerprint density at radius 3 is 2.81 bits per heavy atom. The van der Waals surface area contributed by atoms with E-state index in [0.717, 1.165) is 0 Å². The highest BCUT2D eigenvalue weighted by Gasteiger charge is 2.15. The highest BCUT2D eigenvalue weighted by atomic mass is 35.5. The van der Waals surface area contributed by atoms with E-state index in [0.29, 0.717) is 23.4 Å². The molecule has 0 aliphatic heterocycles. The van der Waals surface area contributed by atoms with Crippen LogP contribution in [0.4, 0.5) is 5.82 Å². The monoisotopic (exact) mass is 241 g/mol. The Morgan fingerprint density at radius 2 is 2.06 bits per heavy atom. The Morgan fingerprint density at radius 1 is 1.31 bits per heavy atom. The molecular weight excluding hydrogens is 226 g/mol. The molecule has 1 heterocycles. The number of rotatable bonds is 3. The summed E-state index contributed by atoms with van der Waals surface area (Å²) >= 11 is 5.94. The van der Waals surface area contributed by atoms with Crippen molar-refractivity contribution in [3.8, 4) is 5.88 Å². The Kier molecular flexibility index (Phi) is 3.83. The Labute approximate surface area is 100 Å². The van der Waals surface area contributed by atoms with E-state index in [1.165, 1.54) is 38.4 Å². The first-order valence-electron chi connectivity index (χ1n) is 5.66. The van der Waals surface area contributed by atoms with Gasteiger partial charge in [0, 0.05) is 0 Å². The lowest BCUT2D eigenvalue weighted by Crippen LogP contribution is -2.16. The van der Waals surface area contributed by atoms with Crippen LogP contribution in [0.15, 0.2) is 6.33 Å². The lowest BCUT2D eigenvalue weighted by molar-refractivity contribution is 0.203. The van der Waals surface area contributed by atoms with Gasteiger partial charge in [0.15, 0.2) is 0 Å². The minimum atomic E-state index is 0.273. The molecule has 16 heavy (non-hydrogen) atoms. The van der Waals surface area contributed by atoms with E-state index >= 15 is 0 Å². The number of nitrogens with zero attached hydrogens (tertiary/aromatic N) is 2. The zero-order valence-electron chi connectivity index (χ0n) is 9.16. The topological polar surface area (TPSA) is 61.0 Å². The van der Waals surface area contributed by atoms with Crippen molar-refractivity contribution < 1.29 is 4.74 Å². The van der Waals surface area contributed by atoms with Crippen LogP contribution in [0.2, 0.25) is 5.02 Å². The molecule has 2 rings (SSSR count). The van der Waals surface area contributed by atoms with E-state index in [2.05, 4.69) is 9.97 Å². The number of ether oxygens (including phenoxy) is 1. The predicted octanol–water partition coefficient (Wildman–Crippen LogP) is 2.67. The van der Waals surface area contributed by atoms with Gasteiger partial charge in [0.2, 0.25) is 5.88 Å².